The lowest BCUT2D eigenvalue weighted by atomic mass is 10.0. The van der Waals surface area contributed by atoms with E-state index in [-0.39, 0.29) is 0 Å². The lowest BCUT2D eigenvalue weighted by Crippen LogP contribution is -2.10. The summed E-state index contributed by atoms with van der Waals surface area (Å²) >= 11 is 0. The standard InChI is InChI=1S/C16H12O4/c17-15(18)14(16(19)20)10-4-8-12-7-3-6-11-5-1-2-9-13(11)12/h1-10H,(H,17,18)(H,19,20)/b8-4+. The van der Waals surface area contributed by atoms with E-state index in [9.17, 15) is 9.59 Å². The van der Waals surface area contributed by atoms with Gasteiger partial charge in [-0.15, -0.1) is 0 Å². The van der Waals surface area contributed by atoms with Crippen LogP contribution in [-0.2, 0) is 9.59 Å². The van der Waals surface area contributed by atoms with Gasteiger partial charge < -0.3 is 10.2 Å². The maximum atomic E-state index is 10.7. The molecule has 4 nitrogen and oxygen atoms in total. The maximum Gasteiger partial charge on any atom is 0.343 e. The molecule has 4 heteroatoms. The molecule has 2 N–H and O–H groups in total. The smallest absolute Gasteiger partial charge is 0.343 e. The Kier molecular flexibility index (Phi) is 3.96. The number of hydrogen-bond donors (Lipinski definition) is 2. The third kappa shape index (κ3) is 2.92. The van der Waals surface area contributed by atoms with Gasteiger partial charge in [-0.2, -0.15) is 0 Å². The summed E-state index contributed by atoms with van der Waals surface area (Å²) in [5.41, 5.74) is 0.232. The molecule has 0 heterocycles. The summed E-state index contributed by atoms with van der Waals surface area (Å²) in [5, 5.41) is 19.5. The molecule has 0 spiro atoms. The van der Waals surface area contributed by atoms with Crippen LogP contribution in [0.1, 0.15) is 5.56 Å². The highest BCUT2D eigenvalue weighted by Crippen LogP contribution is 2.19. The molecular weight excluding hydrogens is 256 g/mol. The molecule has 0 unspecified atom stereocenters. The van der Waals surface area contributed by atoms with Crippen molar-refractivity contribution in [2.24, 2.45) is 0 Å². The second-order valence-corrected chi connectivity index (χ2v) is 4.12. The number of hydrogen-bond acceptors (Lipinski definition) is 2. The lowest BCUT2D eigenvalue weighted by Gasteiger charge is -2.01. The molecular formula is C16H12O4. The molecule has 0 fully saturated rings. The van der Waals surface area contributed by atoms with E-state index in [0.29, 0.717) is 0 Å². The SMILES string of the molecule is O=C(O)C(=C/C=C/c1cccc2ccccc12)C(=O)O. The highest BCUT2D eigenvalue weighted by atomic mass is 16.4. The van der Waals surface area contributed by atoms with Crippen molar-refractivity contribution in [2.75, 3.05) is 0 Å². The zero-order valence-electron chi connectivity index (χ0n) is 10.5. The van der Waals surface area contributed by atoms with Gasteiger partial charge >= 0.3 is 11.9 Å². The van der Waals surface area contributed by atoms with Crippen molar-refractivity contribution >= 4 is 28.8 Å². The second-order valence-electron chi connectivity index (χ2n) is 4.12. The van der Waals surface area contributed by atoms with E-state index in [0.717, 1.165) is 22.4 Å². The normalized spacial score (nSPS) is 10.6. The molecule has 0 aliphatic rings. The molecule has 0 aromatic heterocycles. The average Bonchev–Trinajstić information content (AvgIpc) is 2.42. The van der Waals surface area contributed by atoms with Crippen LogP contribution in [0.2, 0.25) is 0 Å². The molecule has 0 saturated heterocycles. The van der Waals surface area contributed by atoms with Gasteiger partial charge in [0.25, 0.3) is 0 Å². The topological polar surface area (TPSA) is 74.6 Å². The van der Waals surface area contributed by atoms with Crippen molar-refractivity contribution in [3.8, 4) is 0 Å². The molecule has 20 heavy (non-hydrogen) atoms. The van der Waals surface area contributed by atoms with Gasteiger partial charge in [-0.25, -0.2) is 9.59 Å². The Morgan fingerprint density at radius 3 is 2.25 bits per heavy atom. The van der Waals surface area contributed by atoms with Crippen LogP contribution in [0.4, 0.5) is 0 Å². The Labute approximate surface area is 115 Å². The molecule has 0 bridgehead atoms. The van der Waals surface area contributed by atoms with Crippen molar-refractivity contribution in [1.82, 2.24) is 0 Å². The van der Waals surface area contributed by atoms with Gasteiger partial charge in [0.15, 0.2) is 0 Å². The highest BCUT2D eigenvalue weighted by Gasteiger charge is 2.14. The zero-order valence-corrected chi connectivity index (χ0v) is 10.5. The number of allylic oxidation sites excluding steroid dienone is 2. The van der Waals surface area contributed by atoms with Gasteiger partial charge in [-0.3, -0.25) is 0 Å². The van der Waals surface area contributed by atoms with E-state index in [1.54, 1.807) is 6.08 Å². The quantitative estimate of drug-likeness (QED) is 0.387. The van der Waals surface area contributed by atoms with E-state index in [1.807, 2.05) is 42.5 Å². The fourth-order valence-corrected chi connectivity index (χ4v) is 1.88. The summed E-state index contributed by atoms with van der Waals surface area (Å²) < 4.78 is 0. The molecule has 2 aromatic carbocycles. The van der Waals surface area contributed by atoms with Crippen molar-refractivity contribution in [3.05, 3.63) is 65.8 Å². The van der Waals surface area contributed by atoms with Crippen molar-refractivity contribution in [3.63, 3.8) is 0 Å². The minimum atomic E-state index is -1.46. The summed E-state index contributed by atoms with van der Waals surface area (Å²) in [4.78, 5) is 21.4. The van der Waals surface area contributed by atoms with Crippen LogP contribution < -0.4 is 0 Å². The fourth-order valence-electron chi connectivity index (χ4n) is 1.88. The molecule has 0 aliphatic heterocycles. The number of aliphatic carboxylic acids is 2. The van der Waals surface area contributed by atoms with E-state index in [4.69, 9.17) is 10.2 Å². The Balaban J connectivity index is 2.37. The molecule has 2 aromatic rings. The fraction of sp³-hybridized carbons (Fsp3) is 0. The first-order valence-corrected chi connectivity index (χ1v) is 5.92. The monoisotopic (exact) mass is 268 g/mol. The molecule has 0 atom stereocenters. The van der Waals surface area contributed by atoms with E-state index in [1.165, 1.54) is 6.08 Å². The predicted molar refractivity (Wildman–Crippen MR) is 76.3 cm³/mol. The van der Waals surface area contributed by atoms with E-state index < -0.39 is 17.5 Å². The van der Waals surface area contributed by atoms with Gasteiger partial charge in [0.2, 0.25) is 0 Å². The van der Waals surface area contributed by atoms with Crippen LogP contribution in [0, 0.1) is 0 Å². The van der Waals surface area contributed by atoms with Crippen molar-refractivity contribution < 1.29 is 19.8 Å². The largest absolute Gasteiger partial charge is 0.477 e. The molecule has 0 aliphatic carbocycles. The van der Waals surface area contributed by atoms with Crippen LogP contribution in [0.3, 0.4) is 0 Å². The second kappa shape index (κ2) is 5.84. The Morgan fingerprint density at radius 1 is 0.900 bits per heavy atom. The highest BCUT2D eigenvalue weighted by molar-refractivity contribution is 6.12. The van der Waals surface area contributed by atoms with Crippen molar-refractivity contribution in [1.29, 1.82) is 0 Å². The first-order valence-electron chi connectivity index (χ1n) is 5.92. The minimum absolute atomic E-state index is 0.665. The summed E-state index contributed by atoms with van der Waals surface area (Å²) in [5.74, 6) is -2.92. The van der Waals surface area contributed by atoms with E-state index in [2.05, 4.69) is 0 Å². The number of carbonyl (C=O) groups is 2. The zero-order chi connectivity index (χ0) is 14.5. The number of carboxylic acid groups (broad SMARTS) is 2. The first-order chi connectivity index (χ1) is 9.59. The van der Waals surface area contributed by atoms with Crippen LogP contribution in [-0.4, -0.2) is 22.2 Å². The molecule has 0 radical (unpaired) electrons. The summed E-state index contributed by atoms with van der Waals surface area (Å²) in [6.07, 6.45) is 4.19. The lowest BCUT2D eigenvalue weighted by molar-refractivity contribution is -0.140. The van der Waals surface area contributed by atoms with Gasteiger partial charge in [0.05, 0.1) is 0 Å². The number of fused-ring (bicyclic) bond motifs is 1. The van der Waals surface area contributed by atoms with Gasteiger partial charge in [0.1, 0.15) is 5.57 Å². The number of rotatable bonds is 4. The van der Waals surface area contributed by atoms with Crippen LogP contribution in [0.5, 0.6) is 0 Å². The summed E-state index contributed by atoms with van der Waals surface area (Å²) in [6.45, 7) is 0. The van der Waals surface area contributed by atoms with Crippen molar-refractivity contribution in [2.45, 2.75) is 0 Å². The number of carboxylic acids is 2. The first kappa shape index (κ1) is 13.5. The third-order valence-corrected chi connectivity index (χ3v) is 2.82. The Morgan fingerprint density at radius 2 is 1.55 bits per heavy atom. The summed E-state index contributed by atoms with van der Waals surface area (Å²) in [6, 6.07) is 13.5. The Hall–Kier alpha value is -2.88. The van der Waals surface area contributed by atoms with E-state index >= 15 is 0 Å². The molecule has 100 valence electrons. The number of benzene rings is 2. The average molecular weight is 268 g/mol. The summed E-state index contributed by atoms with van der Waals surface area (Å²) in [7, 11) is 0. The van der Waals surface area contributed by atoms with Crippen LogP contribution in [0.25, 0.3) is 16.8 Å². The van der Waals surface area contributed by atoms with Gasteiger partial charge in [0, 0.05) is 0 Å². The predicted octanol–water partition coefficient (Wildman–Crippen LogP) is 2.95. The van der Waals surface area contributed by atoms with Crippen LogP contribution >= 0.6 is 0 Å². The minimum Gasteiger partial charge on any atom is -0.477 e. The maximum absolute atomic E-state index is 10.7. The van der Waals surface area contributed by atoms with Gasteiger partial charge in [-0.05, 0) is 22.4 Å². The third-order valence-electron chi connectivity index (χ3n) is 2.82. The van der Waals surface area contributed by atoms with Crippen LogP contribution in [0.15, 0.2) is 60.2 Å². The van der Waals surface area contributed by atoms with Gasteiger partial charge in [-0.1, -0.05) is 54.6 Å². The molecule has 0 amide bonds. The Bertz CT molecular complexity index is 705. The molecule has 0 saturated carbocycles. The molecule has 2 rings (SSSR count).